The zero-order valence-electron chi connectivity index (χ0n) is 32.2. The first-order valence-corrected chi connectivity index (χ1v) is 17.8. The van der Waals surface area contributed by atoms with Crippen LogP contribution >= 0.6 is 0 Å². The van der Waals surface area contributed by atoms with Crippen molar-refractivity contribution in [2.24, 2.45) is 0 Å². The Morgan fingerprint density at radius 2 is 0.714 bits per heavy atom. The minimum atomic E-state index is -0.700. The molecule has 0 aromatic heterocycles. The molecular formula is C45H60O4. The lowest BCUT2D eigenvalue weighted by molar-refractivity contribution is 0.399. The topological polar surface area (TPSA) is 80.9 Å². The fourth-order valence-electron chi connectivity index (χ4n) is 7.59. The van der Waals surface area contributed by atoms with E-state index in [-0.39, 0.29) is 50.6 Å². The average molecular weight is 665 g/mol. The number of benzene rings is 4. The van der Waals surface area contributed by atoms with E-state index in [0.29, 0.717) is 0 Å². The number of hydrogen-bond donors (Lipinski definition) is 4. The molecule has 0 amide bonds. The van der Waals surface area contributed by atoms with E-state index in [2.05, 4.69) is 126 Å². The van der Waals surface area contributed by atoms with Crippen molar-refractivity contribution in [3.05, 3.63) is 117 Å². The molecule has 0 fully saturated rings. The number of phenolic OH excluding ortho intramolecular Hbond substituents is 4. The number of hydrogen-bond acceptors (Lipinski definition) is 4. The van der Waals surface area contributed by atoms with Gasteiger partial charge in [0.2, 0.25) is 0 Å². The van der Waals surface area contributed by atoms with Gasteiger partial charge in [-0.2, -0.15) is 0 Å². The molecule has 4 N–H and O–H groups in total. The Kier molecular flexibility index (Phi) is 10.1. The Bertz CT molecular complexity index is 1680. The van der Waals surface area contributed by atoms with Gasteiger partial charge >= 0.3 is 0 Å². The Morgan fingerprint density at radius 1 is 0.429 bits per heavy atom. The highest BCUT2D eigenvalue weighted by molar-refractivity contribution is 5.58. The molecule has 4 aromatic carbocycles. The second-order valence-corrected chi connectivity index (χ2v) is 18.2. The number of aromatic hydroxyl groups is 4. The van der Waals surface area contributed by atoms with Gasteiger partial charge in [-0.05, 0) is 96.9 Å². The van der Waals surface area contributed by atoms with Crippen LogP contribution in [0.15, 0.2) is 72.8 Å². The maximum absolute atomic E-state index is 11.2. The summed E-state index contributed by atoms with van der Waals surface area (Å²) in [7, 11) is 0. The van der Waals surface area contributed by atoms with E-state index in [1.807, 2.05) is 36.4 Å². The predicted molar refractivity (Wildman–Crippen MR) is 205 cm³/mol. The molecule has 0 heterocycles. The Labute approximate surface area is 295 Å². The van der Waals surface area contributed by atoms with Gasteiger partial charge in [0, 0.05) is 11.3 Å². The third-order valence-corrected chi connectivity index (χ3v) is 10.1. The number of rotatable bonds is 7. The van der Waals surface area contributed by atoms with Gasteiger partial charge in [-0.15, -0.1) is 0 Å². The third-order valence-electron chi connectivity index (χ3n) is 10.1. The van der Waals surface area contributed by atoms with E-state index >= 15 is 0 Å². The van der Waals surface area contributed by atoms with Crippen molar-refractivity contribution in [2.75, 3.05) is 0 Å². The maximum Gasteiger partial charge on any atom is 0.119 e. The van der Waals surface area contributed by atoms with Crippen molar-refractivity contribution in [3.8, 4) is 23.0 Å². The van der Waals surface area contributed by atoms with Crippen LogP contribution in [0.4, 0.5) is 0 Å². The monoisotopic (exact) mass is 664 g/mol. The van der Waals surface area contributed by atoms with Crippen molar-refractivity contribution in [2.45, 2.75) is 136 Å². The molecule has 4 heteroatoms. The van der Waals surface area contributed by atoms with E-state index in [0.717, 1.165) is 57.3 Å². The molecule has 0 aliphatic rings. The molecule has 49 heavy (non-hydrogen) atoms. The minimum absolute atomic E-state index is 0.261. The van der Waals surface area contributed by atoms with Crippen LogP contribution in [0.1, 0.15) is 153 Å². The van der Waals surface area contributed by atoms with Crippen LogP contribution in [0.25, 0.3) is 0 Å². The molecule has 0 saturated carbocycles. The van der Waals surface area contributed by atoms with Gasteiger partial charge in [0.05, 0.1) is 0 Å². The molecule has 0 spiro atoms. The van der Waals surface area contributed by atoms with Crippen LogP contribution in [-0.2, 0) is 27.1 Å². The minimum Gasteiger partial charge on any atom is -0.508 e. The van der Waals surface area contributed by atoms with Gasteiger partial charge in [0.15, 0.2) is 0 Å². The predicted octanol–water partition coefficient (Wildman–Crippen LogP) is 11.6. The second kappa shape index (κ2) is 13.1. The van der Waals surface area contributed by atoms with E-state index in [4.69, 9.17) is 0 Å². The summed E-state index contributed by atoms with van der Waals surface area (Å²) in [6, 6.07) is 24.2. The summed E-state index contributed by atoms with van der Waals surface area (Å²) in [6.45, 7) is 27.6. The lowest BCUT2D eigenvalue weighted by Gasteiger charge is -2.45. The van der Waals surface area contributed by atoms with E-state index in [1.54, 1.807) is 0 Å². The fourth-order valence-corrected chi connectivity index (χ4v) is 7.59. The van der Waals surface area contributed by atoms with Crippen molar-refractivity contribution < 1.29 is 20.4 Å². The SMILES string of the molecule is CCCC(c1ccc(O)c(C(C)(C)C)c1)(c1ccc(O)c(C(C)(C)C)c1)C(c1ccc(O)c(C(C)(C)C)c1)c1ccc(O)c(C(C)(C)C)c1. The van der Waals surface area contributed by atoms with Gasteiger partial charge in [-0.1, -0.05) is 145 Å². The van der Waals surface area contributed by atoms with E-state index in [1.165, 1.54) is 0 Å². The molecule has 0 aliphatic heterocycles. The van der Waals surface area contributed by atoms with E-state index in [9.17, 15) is 20.4 Å². The van der Waals surface area contributed by atoms with Gasteiger partial charge in [0.25, 0.3) is 0 Å². The zero-order chi connectivity index (χ0) is 36.9. The normalized spacial score (nSPS) is 13.3. The van der Waals surface area contributed by atoms with Crippen LogP contribution in [0, 0.1) is 0 Å². The van der Waals surface area contributed by atoms with E-state index < -0.39 is 5.41 Å². The highest BCUT2D eigenvalue weighted by atomic mass is 16.3. The van der Waals surface area contributed by atoms with Crippen LogP contribution in [-0.4, -0.2) is 20.4 Å². The Hall–Kier alpha value is -3.92. The summed E-state index contributed by atoms with van der Waals surface area (Å²) in [4.78, 5) is 0. The van der Waals surface area contributed by atoms with Crippen LogP contribution in [0.3, 0.4) is 0 Å². The molecule has 0 saturated heterocycles. The van der Waals surface area contributed by atoms with Gasteiger partial charge in [-0.25, -0.2) is 0 Å². The lowest BCUT2D eigenvalue weighted by atomic mass is 9.58. The molecule has 4 rings (SSSR count). The van der Waals surface area contributed by atoms with Gasteiger partial charge < -0.3 is 20.4 Å². The summed E-state index contributed by atoms with van der Waals surface area (Å²) in [5, 5.41) is 44.8. The second-order valence-electron chi connectivity index (χ2n) is 18.2. The number of phenols is 4. The summed E-state index contributed by atoms with van der Waals surface area (Å²) in [6.07, 6.45) is 1.60. The summed E-state index contributed by atoms with van der Waals surface area (Å²) in [5.41, 5.74) is 5.65. The van der Waals surface area contributed by atoms with Crippen LogP contribution < -0.4 is 0 Å². The maximum atomic E-state index is 11.2. The average Bonchev–Trinajstić information content (AvgIpc) is 2.96. The lowest BCUT2D eigenvalue weighted by Crippen LogP contribution is -2.37. The first kappa shape index (κ1) is 37.9. The smallest absolute Gasteiger partial charge is 0.119 e. The Balaban J connectivity index is 2.32. The first-order valence-electron chi connectivity index (χ1n) is 17.8. The molecule has 4 nitrogen and oxygen atoms in total. The fraction of sp³-hybridized carbons (Fsp3) is 0.467. The molecule has 264 valence electrons. The highest BCUT2D eigenvalue weighted by Crippen LogP contribution is 2.55. The standard InChI is InChI=1S/C45H60O4/c1-14-23-45(30-17-21-38(48)34(26-30)43(8,9)10,31-18-22-39(49)35(27-31)44(11,12)13)40(28-15-19-36(46)32(24-28)41(2,3)4)29-16-20-37(47)33(25-29)42(5,6)7/h15-22,24-27,40,46-49H,14,23H2,1-13H3. The molecule has 0 bridgehead atoms. The zero-order valence-corrected chi connectivity index (χ0v) is 32.2. The van der Waals surface area contributed by atoms with Crippen LogP contribution in [0.5, 0.6) is 23.0 Å². The van der Waals surface area contributed by atoms with Crippen molar-refractivity contribution in [1.82, 2.24) is 0 Å². The summed E-state index contributed by atoms with van der Waals surface area (Å²) in [5.74, 6) is 0.760. The molecule has 0 radical (unpaired) electrons. The van der Waals surface area contributed by atoms with Gasteiger partial charge in [0.1, 0.15) is 23.0 Å². The summed E-state index contributed by atoms with van der Waals surface area (Å²) >= 11 is 0. The molecule has 0 atom stereocenters. The van der Waals surface area contributed by atoms with Gasteiger partial charge in [-0.3, -0.25) is 0 Å². The Morgan fingerprint density at radius 3 is 1.00 bits per heavy atom. The van der Waals surface area contributed by atoms with Crippen molar-refractivity contribution in [3.63, 3.8) is 0 Å². The van der Waals surface area contributed by atoms with Crippen molar-refractivity contribution in [1.29, 1.82) is 0 Å². The highest BCUT2D eigenvalue weighted by Gasteiger charge is 2.45. The first-order chi connectivity index (χ1) is 22.4. The third kappa shape index (κ3) is 7.49. The molecule has 4 aromatic rings. The molecular weight excluding hydrogens is 604 g/mol. The molecule has 0 unspecified atom stereocenters. The summed E-state index contributed by atoms with van der Waals surface area (Å²) < 4.78 is 0. The van der Waals surface area contributed by atoms with Crippen molar-refractivity contribution >= 4 is 0 Å². The largest absolute Gasteiger partial charge is 0.508 e. The quantitative estimate of drug-likeness (QED) is 0.158. The van der Waals surface area contributed by atoms with Crippen LogP contribution in [0.2, 0.25) is 0 Å². The molecule has 0 aliphatic carbocycles.